The van der Waals surface area contributed by atoms with Gasteiger partial charge in [0, 0.05) is 23.5 Å². The Hall–Kier alpha value is -2.13. The molecule has 1 N–H and O–H groups in total. The highest BCUT2D eigenvalue weighted by molar-refractivity contribution is 5.64. The van der Waals surface area contributed by atoms with Gasteiger partial charge >= 0.3 is 0 Å². The van der Waals surface area contributed by atoms with E-state index in [9.17, 15) is 5.11 Å². The highest BCUT2D eigenvalue weighted by Gasteiger charge is 2.07. The number of benzene rings is 1. The molecule has 3 nitrogen and oxygen atoms in total. The van der Waals surface area contributed by atoms with Crippen molar-refractivity contribution >= 4 is 5.65 Å². The lowest BCUT2D eigenvalue weighted by molar-refractivity contribution is 0.282. The molecule has 0 unspecified atom stereocenters. The van der Waals surface area contributed by atoms with Crippen molar-refractivity contribution in [3.05, 3.63) is 59.9 Å². The maximum atomic E-state index is 9.42. The first-order chi connectivity index (χ1) is 11.3. The van der Waals surface area contributed by atoms with Crippen LogP contribution in [0, 0.1) is 0 Å². The van der Waals surface area contributed by atoms with Crippen LogP contribution in [0.4, 0.5) is 0 Å². The van der Waals surface area contributed by atoms with Crippen LogP contribution >= 0.6 is 0 Å². The molecular weight excluding hydrogens is 284 g/mol. The average Bonchev–Trinajstić information content (AvgIpc) is 3.03. The predicted molar refractivity (Wildman–Crippen MR) is 94.4 cm³/mol. The van der Waals surface area contributed by atoms with Crippen LogP contribution in [0.1, 0.15) is 43.7 Å². The number of imidazole rings is 1. The summed E-state index contributed by atoms with van der Waals surface area (Å²) in [4.78, 5) is 4.67. The lowest BCUT2D eigenvalue weighted by atomic mass is 10.0. The lowest BCUT2D eigenvalue weighted by Gasteiger charge is -2.02. The standard InChI is InChI=1S/C20H24N2O/c1-2-3-4-5-7-16-9-11-17(12-10-16)19-14-22-13-6-8-18(15-23)20(22)21-19/h6,8-14,23H,2-5,7,15H2,1H3. The van der Waals surface area contributed by atoms with Gasteiger partial charge in [-0.15, -0.1) is 0 Å². The van der Waals surface area contributed by atoms with E-state index in [4.69, 9.17) is 0 Å². The number of rotatable bonds is 7. The van der Waals surface area contributed by atoms with Crippen LogP contribution in [-0.2, 0) is 13.0 Å². The maximum absolute atomic E-state index is 9.42. The average molecular weight is 308 g/mol. The quantitative estimate of drug-likeness (QED) is 0.647. The van der Waals surface area contributed by atoms with Gasteiger partial charge in [0.1, 0.15) is 5.65 Å². The van der Waals surface area contributed by atoms with Crippen LogP contribution in [0.15, 0.2) is 48.8 Å². The fourth-order valence-electron chi connectivity index (χ4n) is 2.93. The first-order valence-electron chi connectivity index (χ1n) is 8.48. The molecule has 1 aromatic carbocycles. The molecule has 0 fully saturated rings. The molecule has 0 saturated carbocycles. The zero-order chi connectivity index (χ0) is 16.1. The molecule has 3 heteroatoms. The van der Waals surface area contributed by atoms with Crippen LogP contribution in [0.2, 0.25) is 0 Å². The van der Waals surface area contributed by atoms with Crippen molar-refractivity contribution in [1.29, 1.82) is 0 Å². The van der Waals surface area contributed by atoms with Gasteiger partial charge in [0.25, 0.3) is 0 Å². The third-order valence-electron chi connectivity index (χ3n) is 4.30. The van der Waals surface area contributed by atoms with Crippen molar-refractivity contribution in [2.24, 2.45) is 0 Å². The molecule has 0 saturated heterocycles. The Kier molecular flexibility index (Phi) is 5.09. The molecule has 0 spiro atoms. The third kappa shape index (κ3) is 3.62. The fraction of sp³-hybridized carbons (Fsp3) is 0.350. The summed E-state index contributed by atoms with van der Waals surface area (Å²) in [6.07, 6.45) is 10.3. The van der Waals surface area contributed by atoms with Gasteiger partial charge in [0.15, 0.2) is 0 Å². The minimum absolute atomic E-state index is 0.0114. The minimum atomic E-state index is 0.0114. The van der Waals surface area contributed by atoms with Crippen molar-refractivity contribution in [2.75, 3.05) is 0 Å². The molecule has 0 atom stereocenters. The molecule has 120 valence electrons. The Balaban J connectivity index is 1.77. The molecule has 3 rings (SSSR count). The summed E-state index contributed by atoms with van der Waals surface area (Å²) in [5, 5.41) is 9.42. The normalized spacial score (nSPS) is 11.2. The number of hydrogen-bond donors (Lipinski definition) is 1. The SMILES string of the molecule is CCCCCCc1ccc(-c2cn3cccc(CO)c3n2)cc1. The second-order valence-corrected chi connectivity index (χ2v) is 6.06. The highest BCUT2D eigenvalue weighted by Crippen LogP contribution is 2.22. The van der Waals surface area contributed by atoms with E-state index in [1.54, 1.807) is 0 Å². The first kappa shape index (κ1) is 15.8. The van der Waals surface area contributed by atoms with Gasteiger partial charge in [-0.3, -0.25) is 0 Å². The van der Waals surface area contributed by atoms with Crippen molar-refractivity contribution < 1.29 is 5.11 Å². The van der Waals surface area contributed by atoms with Crippen molar-refractivity contribution in [3.63, 3.8) is 0 Å². The Labute approximate surface area is 137 Å². The summed E-state index contributed by atoms with van der Waals surface area (Å²) in [6, 6.07) is 12.6. The van der Waals surface area contributed by atoms with Gasteiger partial charge in [-0.05, 0) is 24.5 Å². The van der Waals surface area contributed by atoms with Crippen LogP contribution in [-0.4, -0.2) is 14.5 Å². The fourth-order valence-corrected chi connectivity index (χ4v) is 2.93. The number of aromatic nitrogens is 2. The molecule has 0 radical (unpaired) electrons. The Bertz CT molecular complexity index is 759. The second-order valence-electron chi connectivity index (χ2n) is 6.06. The van der Waals surface area contributed by atoms with Gasteiger partial charge in [0.2, 0.25) is 0 Å². The number of fused-ring (bicyclic) bond motifs is 1. The molecule has 0 aliphatic rings. The zero-order valence-corrected chi connectivity index (χ0v) is 13.7. The zero-order valence-electron chi connectivity index (χ0n) is 13.7. The van der Waals surface area contributed by atoms with E-state index >= 15 is 0 Å². The van der Waals surface area contributed by atoms with Crippen LogP contribution in [0.3, 0.4) is 0 Å². The summed E-state index contributed by atoms with van der Waals surface area (Å²) < 4.78 is 1.97. The Morgan fingerprint density at radius 1 is 1.04 bits per heavy atom. The van der Waals surface area contributed by atoms with Gasteiger partial charge < -0.3 is 9.51 Å². The van der Waals surface area contributed by atoms with Crippen molar-refractivity contribution in [1.82, 2.24) is 9.38 Å². The topological polar surface area (TPSA) is 37.5 Å². The number of aryl methyl sites for hydroxylation is 1. The number of unbranched alkanes of at least 4 members (excludes halogenated alkanes) is 3. The van der Waals surface area contributed by atoms with Crippen LogP contribution in [0.25, 0.3) is 16.9 Å². The lowest BCUT2D eigenvalue weighted by Crippen LogP contribution is -1.90. The molecule has 3 aromatic rings. The van der Waals surface area contributed by atoms with Crippen molar-refractivity contribution in [3.8, 4) is 11.3 Å². The van der Waals surface area contributed by atoms with Gasteiger partial charge in [-0.25, -0.2) is 4.98 Å². The number of aliphatic hydroxyl groups is 1. The van der Waals surface area contributed by atoms with Gasteiger partial charge in [-0.2, -0.15) is 0 Å². The van der Waals surface area contributed by atoms with E-state index in [-0.39, 0.29) is 6.61 Å². The van der Waals surface area contributed by atoms with Crippen LogP contribution < -0.4 is 0 Å². The molecule has 2 heterocycles. The van der Waals surface area contributed by atoms with E-state index in [1.807, 2.05) is 28.9 Å². The maximum Gasteiger partial charge on any atom is 0.142 e. The molecular formula is C20H24N2O. The predicted octanol–water partition coefficient (Wildman–Crippen LogP) is 4.62. The Morgan fingerprint density at radius 2 is 1.87 bits per heavy atom. The number of nitrogens with zero attached hydrogens (tertiary/aromatic N) is 2. The Morgan fingerprint density at radius 3 is 2.61 bits per heavy atom. The van der Waals surface area contributed by atoms with Gasteiger partial charge in [-0.1, -0.05) is 56.5 Å². The minimum Gasteiger partial charge on any atom is -0.392 e. The number of aliphatic hydroxyl groups excluding tert-OH is 1. The van der Waals surface area contributed by atoms with Crippen molar-refractivity contribution in [2.45, 2.75) is 45.6 Å². The second kappa shape index (κ2) is 7.42. The molecule has 0 amide bonds. The number of pyridine rings is 1. The summed E-state index contributed by atoms with van der Waals surface area (Å²) in [7, 11) is 0. The molecule has 23 heavy (non-hydrogen) atoms. The molecule has 0 aliphatic heterocycles. The molecule has 0 bridgehead atoms. The summed E-state index contributed by atoms with van der Waals surface area (Å²) in [5.41, 5.74) is 5.14. The van der Waals surface area contributed by atoms with E-state index in [0.717, 1.165) is 28.9 Å². The van der Waals surface area contributed by atoms with E-state index in [1.165, 1.54) is 31.2 Å². The van der Waals surface area contributed by atoms with E-state index in [0.29, 0.717) is 0 Å². The summed E-state index contributed by atoms with van der Waals surface area (Å²) in [6.45, 7) is 2.25. The molecule has 2 aromatic heterocycles. The van der Waals surface area contributed by atoms with Gasteiger partial charge in [0.05, 0.1) is 12.3 Å². The molecule has 0 aliphatic carbocycles. The highest BCUT2D eigenvalue weighted by atomic mass is 16.3. The van der Waals surface area contributed by atoms with E-state index < -0.39 is 0 Å². The summed E-state index contributed by atoms with van der Waals surface area (Å²) >= 11 is 0. The monoisotopic (exact) mass is 308 g/mol. The third-order valence-corrected chi connectivity index (χ3v) is 4.30. The van der Waals surface area contributed by atoms with E-state index in [2.05, 4.69) is 36.2 Å². The number of hydrogen-bond acceptors (Lipinski definition) is 2. The first-order valence-corrected chi connectivity index (χ1v) is 8.48. The van der Waals surface area contributed by atoms with Crippen LogP contribution in [0.5, 0.6) is 0 Å². The smallest absolute Gasteiger partial charge is 0.142 e. The summed E-state index contributed by atoms with van der Waals surface area (Å²) in [5.74, 6) is 0. The largest absolute Gasteiger partial charge is 0.392 e.